The van der Waals surface area contributed by atoms with Crippen LogP contribution in [-0.2, 0) is 38.4 Å². The first-order chi connectivity index (χ1) is 36.0. The van der Waals surface area contributed by atoms with Crippen molar-refractivity contribution >= 4 is 70.8 Å². The smallest absolute Gasteiger partial charge is 0.244 e. The third-order valence-electron chi connectivity index (χ3n) is 12.0. The SMILES string of the molecule is CCCCCCNC(=O)C(CO)NC(=O)C(CSCCSCC(NC(=O)C(N)CCCCNC(=O)C(N)CCCCN)C(=O)NC(CO)C(=O)NCCCCC)NC(=O)C(N)CCCCNC(=O)C(N)CCCCN. The fourth-order valence-corrected chi connectivity index (χ4v) is 9.40. The first-order valence-corrected chi connectivity index (χ1v) is 29.4. The molecule has 0 saturated heterocycles. The van der Waals surface area contributed by atoms with Gasteiger partial charge in [-0.1, -0.05) is 58.8 Å². The number of hydrogen-bond donors (Lipinski definition) is 16. The van der Waals surface area contributed by atoms with E-state index >= 15 is 0 Å². The predicted molar refractivity (Wildman–Crippen MR) is 298 cm³/mol. The van der Waals surface area contributed by atoms with Crippen molar-refractivity contribution < 1.29 is 48.6 Å². The number of thioether (sulfide) groups is 2. The maximum atomic E-state index is 13.7. The van der Waals surface area contributed by atoms with Gasteiger partial charge in [0.1, 0.15) is 24.2 Å². The molecule has 0 aromatic heterocycles. The van der Waals surface area contributed by atoms with E-state index < -0.39 is 97.0 Å². The zero-order valence-corrected chi connectivity index (χ0v) is 46.6. The Labute approximate surface area is 454 Å². The normalized spacial score (nSPS) is 14.4. The molecule has 0 rings (SSSR count). The summed E-state index contributed by atoms with van der Waals surface area (Å²) in [6, 6.07) is -8.20. The molecular weight excluding hydrogens is 1010 g/mol. The second-order valence-electron chi connectivity index (χ2n) is 18.7. The minimum absolute atomic E-state index is 0.0329. The molecule has 0 heterocycles. The van der Waals surface area contributed by atoms with Gasteiger partial charge in [0, 0.05) is 49.2 Å². The van der Waals surface area contributed by atoms with E-state index in [0.717, 1.165) is 70.6 Å². The molecule has 22 N–H and O–H groups in total. The number of aliphatic hydroxyl groups excluding tert-OH is 2. The first-order valence-electron chi connectivity index (χ1n) is 27.1. The molecule has 24 nitrogen and oxygen atoms in total. The molecule has 0 spiro atoms. The Hall–Kier alpha value is -3.86. The Balaban J connectivity index is 5.79. The van der Waals surface area contributed by atoms with E-state index in [1.54, 1.807) is 0 Å². The second kappa shape index (κ2) is 46.3. The minimum Gasteiger partial charge on any atom is -0.394 e. The molecular formula is C49H98N14O10S2. The van der Waals surface area contributed by atoms with E-state index in [9.17, 15) is 48.6 Å². The van der Waals surface area contributed by atoms with Crippen molar-refractivity contribution in [3.05, 3.63) is 0 Å². The highest BCUT2D eigenvalue weighted by Crippen LogP contribution is 2.13. The number of nitrogens with two attached hydrogens (primary N) is 6. The van der Waals surface area contributed by atoms with Gasteiger partial charge in [-0.05, 0) is 90.1 Å². The van der Waals surface area contributed by atoms with Gasteiger partial charge in [0.05, 0.1) is 37.4 Å². The molecule has 8 atom stereocenters. The van der Waals surface area contributed by atoms with Gasteiger partial charge < -0.3 is 87.1 Å². The standard InChI is InChI=1S/C49H98N14O10S2/c1-3-5-7-15-25-59-47(71)39(31-65)61-49(73)41(63-45(69)37(55)21-11-17-27-57-43(67)35(53)19-9-13-23-51)33-75-29-28-74-32-40(48(72)60-38(30-64)46(70)58-24-14-6-4-2)62-44(68)36(54)20-10-16-26-56-42(66)34(52)18-8-12-22-50/h34-41,64-65H,3-33,50-55H2,1-2H3,(H,56,66)(H,57,67)(H,58,70)(H,59,71)(H,60,72)(H,61,73)(H,62,68)(H,63,69). The van der Waals surface area contributed by atoms with E-state index in [-0.39, 0.29) is 36.2 Å². The lowest BCUT2D eigenvalue weighted by Gasteiger charge is -2.24. The number of carbonyl (C=O) groups excluding carboxylic acids is 8. The van der Waals surface area contributed by atoms with Crippen molar-refractivity contribution in [3.63, 3.8) is 0 Å². The van der Waals surface area contributed by atoms with Crippen LogP contribution < -0.4 is 76.9 Å². The molecule has 8 amide bonds. The molecule has 0 aliphatic carbocycles. The molecule has 0 aliphatic heterocycles. The number of aliphatic hydroxyl groups is 2. The zero-order valence-electron chi connectivity index (χ0n) is 45.0. The highest BCUT2D eigenvalue weighted by molar-refractivity contribution is 8.03. The molecule has 75 heavy (non-hydrogen) atoms. The summed E-state index contributed by atoms with van der Waals surface area (Å²) in [5, 5.41) is 41.6. The van der Waals surface area contributed by atoms with Crippen LogP contribution in [0.5, 0.6) is 0 Å². The molecule has 8 unspecified atom stereocenters. The third kappa shape index (κ3) is 35.2. The Morgan fingerprint density at radius 3 is 1.01 bits per heavy atom. The van der Waals surface area contributed by atoms with E-state index in [0.29, 0.717) is 89.3 Å². The largest absolute Gasteiger partial charge is 0.394 e. The molecule has 0 fully saturated rings. The van der Waals surface area contributed by atoms with Gasteiger partial charge in [-0.25, -0.2) is 0 Å². The van der Waals surface area contributed by atoms with E-state index in [4.69, 9.17) is 34.4 Å². The van der Waals surface area contributed by atoms with Crippen LogP contribution in [0.4, 0.5) is 0 Å². The average Bonchev–Trinajstić information content (AvgIpc) is 3.39. The Bertz CT molecular complexity index is 1610. The molecule has 0 bridgehead atoms. The number of unbranched alkanes of at least 4 members (excludes halogenated alkanes) is 9. The molecule has 0 saturated carbocycles. The summed E-state index contributed by atoms with van der Waals surface area (Å²) in [4.78, 5) is 104. The van der Waals surface area contributed by atoms with E-state index in [1.807, 2.05) is 6.92 Å². The lowest BCUT2D eigenvalue weighted by atomic mass is 10.1. The summed E-state index contributed by atoms with van der Waals surface area (Å²) in [6.45, 7) is 5.15. The maximum absolute atomic E-state index is 13.7. The highest BCUT2D eigenvalue weighted by atomic mass is 32.2. The zero-order chi connectivity index (χ0) is 56.2. The van der Waals surface area contributed by atoms with Crippen LogP contribution in [0.25, 0.3) is 0 Å². The molecule has 0 aliphatic rings. The van der Waals surface area contributed by atoms with Crippen molar-refractivity contribution in [2.75, 3.05) is 75.5 Å². The highest BCUT2D eigenvalue weighted by Gasteiger charge is 2.30. The quantitative estimate of drug-likeness (QED) is 0.0281. The van der Waals surface area contributed by atoms with Crippen LogP contribution in [0.2, 0.25) is 0 Å². The van der Waals surface area contributed by atoms with Crippen LogP contribution in [0.1, 0.15) is 136 Å². The summed E-state index contributed by atoms with van der Waals surface area (Å²) in [6.07, 6.45) is 12.8. The molecule has 0 aromatic rings. The van der Waals surface area contributed by atoms with Gasteiger partial charge in [0.25, 0.3) is 0 Å². The number of amides is 8. The predicted octanol–water partition coefficient (Wildman–Crippen LogP) is -2.48. The van der Waals surface area contributed by atoms with Crippen molar-refractivity contribution in [2.24, 2.45) is 34.4 Å². The number of nitrogens with one attached hydrogen (secondary N) is 8. The fourth-order valence-electron chi connectivity index (χ4n) is 7.18. The number of carbonyl (C=O) groups is 8. The number of rotatable bonds is 48. The van der Waals surface area contributed by atoms with Gasteiger partial charge in [0.2, 0.25) is 47.3 Å². The van der Waals surface area contributed by atoms with Crippen LogP contribution in [0, 0.1) is 0 Å². The van der Waals surface area contributed by atoms with Gasteiger partial charge >= 0.3 is 0 Å². The molecule has 436 valence electrons. The number of hydrogen-bond acceptors (Lipinski definition) is 18. The second-order valence-corrected chi connectivity index (χ2v) is 21.0. The first kappa shape index (κ1) is 71.1. The molecule has 0 aromatic carbocycles. The Morgan fingerprint density at radius 1 is 0.373 bits per heavy atom. The van der Waals surface area contributed by atoms with Gasteiger partial charge in [-0.15, -0.1) is 0 Å². The van der Waals surface area contributed by atoms with Crippen molar-refractivity contribution in [2.45, 2.75) is 184 Å². The minimum atomic E-state index is -1.28. The Kier molecular flexibility index (Phi) is 43.9. The third-order valence-corrected chi connectivity index (χ3v) is 14.4. The van der Waals surface area contributed by atoms with Gasteiger partial charge in [-0.2, -0.15) is 23.5 Å². The van der Waals surface area contributed by atoms with Crippen LogP contribution >= 0.6 is 23.5 Å². The average molecular weight is 1110 g/mol. The van der Waals surface area contributed by atoms with E-state index in [1.165, 1.54) is 23.5 Å². The van der Waals surface area contributed by atoms with Gasteiger partial charge in [0.15, 0.2) is 0 Å². The monoisotopic (exact) mass is 1110 g/mol. The van der Waals surface area contributed by atoms with Crippen molar-refractivity contribution in [3.8, 4) is 0 Å². The molecule has 26 heteroatoms. The topological polar surface area (TPSA) is 429 Å². The van der Waals surface area contributed by atoms with Gasteiger partial charge in [-0.3, -0.25) is 38.4 Å². The Morgan fingerprint density at radius 2 is 0.667 bits per heavy atom. The van der Waals surface area contributed by atoms with Crippen LogP contribution in [-0.4, -0.2) is 181 Å². The fraction of sp³-hybridized carbons (Fsp3) is 0.837. The van der Waals surface area contributed by atoms with Crippen molar-refractivity contribution in [1.82, 2.24) is 42.5 Å². The van der Waals surface area contributed by atoms with Crippen LogP contribution in [0.15, 0.2) is 0 Å². The summed E-state index contributed by atoms with van der Waals surface area (Å²) in [7, 11) is 0. The lowest BCUT2D eigenvalue weighted by Crippen LogP contribution is -2.57. The summed E-state index contributed by atoms with van der Waals surface area (Å²) >= 11 is 2.57. The molecule has 0 radical (unpaired) electrons. The maximum Gasteiger partial charge on any atom is 0.244 e. The van der Waals surface area contributed by atoms with Crippen LogP contribution in [0.3, 0.4) is 0 Å². The summed E-state index contributed by atoms with van der Waals surface area (Å²) < 4.78 is 0. The lowest BCUT2D eigenvalue weighted by molar-refractivity contribution is -0.132. The summed E-state index contributed by atoms with van der Waals surface area (Å²) in [5.74, 6) is -3.51. The summed E-state index contributed by atoms with van der Waals surface area (Å²) in [5.41, 5.74) is 35.4. The van der Waals surface area contributed by atoms with E-state index in [2.05, 4.69) is 49.5 Å². The van der Waals surface area contributed by atoms with Crippen molar-refractivity contribution in [1.29, 1.82) is 0 Å².